The minimum Gasteiger partial charge on any atom is -0.207 e. The Morgan fingerprint density at radius 2 is 1.79 bits per heavy atom. The molecule has 0 amide bonds. The maximum atomic E-state index is 13.9. The fourth-order valence-corrected chi connectivity index (χ4v) is 2.82. The Labute approximate surface area is 132 Å². The molecule has 0 aliphatic heterocycles. The first kappa shape index (κ1) is 14.9. The molecule has 0 aliphatic carbocycles. The number of hydrogen-bond donors (Lipinski definition) is 0. The van der Waals surface area contributed by atoms with E-state index in [2.05, 4.69) is 31.9 Å². The van der Waals surface area contributed by atoms with Crippen molar-refractivity contribution >= 4 is 43.5 Å². The van der Waals surface area contributed by atoms with Crippen LogP contribution in [0.2, 0.25) is 5.02 Å². The van der Waals surface area contributed by atoms with Gasteiger partial charge in [-0.15, -0.1) is 0 Å². The largest absolute Gasteiger partial charge is 0.207 e. The van der Waals surface area contributed by atoms with Gasteiger partial charge in [-0.3, -0.25) is 0 Å². The lowest BCUT2D eigenvalue weighted by Gasteiger charge is -2.13. The number of hydrogen-bond acceptors (Lipinski definition) is 0. The van der Waals surface area contributed by atoms with E-state index in [1.165, 1.54) is 6.07 Å². The molecule has 0 spiro atoms. The Morgan fingerprint density at radius 3 is 2.42 bits per heavy atom. The van der Waals surface area contributed by atoms with Gasteiger partial charge in [-0.05, 0) is 52.2 Å². The lowest BCUT2D eigenvalue weighted by molar-refractivity contribution is 0.583. The summed E-state index contributed by atoms with van der Waals surface area (Å²) in [5.74, 6) is -0.981. The van der Waals surface area contributed by atoms with E-state index in [0.29, 0.717) is 5.02 Å². The lowest BCUT2D eigenvalue weighted by Crippen LogP contribution is -1.99. The monoisotopic (exact) mass is 408 g/mol. The zero-order chi connectivity index (χ0) is 14.2. The van der Waals surface area contributed by atoms with Crippen LogP contribution >= 0.6 is 43.5 Å². The lowest BCUT2D eigenvalue weighted by atomic mass is 10.0. The van der Waals surface area contributed by atoms with E-state index in [1.807, 2.05) is 19.1 Å². The van der Waals surface area contributed by atoms with Gasteiger partial charge in [0.15, 0.2) is 0 Å². The molecule has 0 N–H and O–H groups in total. The fourth-order valence-electron chi connectivity index (χ4n) is 1.68. The highest BCUT2D eigenvalue weighted by Crippen LogP contribution is 2.36. The van der Waals surface area contributed by atoms with E-state index in [1.54, 1.807) is 6.07 Å². The van der Waals surface area contributed by atoms with Gasteiger partial charge in [-0.1, -0.05) is 39.7 Å². The topological polar surface area (TPSA) is 0 Å². The van der Waals surface area contributed by atoms with Gasteiger partial charge in [0.2, 0.25) is 0 Å². The number of benzene rings is 2. The third-order valence-corrected chi connectivity index (χ3v) is 4.84. The van der Waals surface area contributed by atoms with Crippen molar-refractivity contribution in [2.45, 2.75) is 11.8 Å². The molecule has 100 valence electrons. The number of halogens is 5. The van der Waals surface area contributed by atoms with Crippen LogP contribution in [0.5, 0.6) is 0 Å². The molecule has 0 saturated carbocycles. The molecule has 0 bridgehead atoms. The number of aryl methyl sites for hydroxylation is 1. The average molecular weight is 410 g/mol. The summed E-state index contributed by atoms with van der Waals surface area (Å²) in [6.45, 7) is 1.88. The van der Waals surface area contributed by atoms with E-state index in [4.69, 9.17) is 11.6 Å². The highest BCUT2D eigenvalue weighted by molar-refractivity contribution is 9.10. The third-order valence-electron chi connectivity index (χ3n) is 2.80. The summed E-state index contributed by atoms with van der Waals surface area (Å²) in [7, 11) is 0. The maximum Gasteiger partial charge on any atom is 0.137 e. The SMILES string of the molecule is Cc1ccc(C(Br)c2cc(F)c(Br)cc2F)cc1Cl. The number of alkyl halides is 1. The van der Waals surface area contributed by atoms with Gasteiger partial charge in [0.05, 0.1) is 9.30 Å². The van der Waals surface area contributed by atoms with E-state index in [-0.39, 0.29) is 10.0 Å². The van der Waals surface area contributed by atoms with Crippen molar-refractivity contribution in [1.82, 2.24) is 0 Å². The summed E-state index contributed by atoms with van der Waals surface area (Å²) in [6, 6.07) is 7.72. The highest BCUT2D eigenvalue weighted by atomic mass is 79.9. The van der Waals surface area contributed by atoms with Crippen molar-refractivity contribution in [1.29, 1.82) is 0 Å². The fraction of sp³-hybridized carbons (Fsp3) is 0.143. The van der Waals surface area contributed by atoms with Crippen molar-refractivity contribution in [2.24, 2.45) is 0 Å². The van der Waals surface area contributed by atoms with Gasteiger partial charge in [0.25, 0.3) is 0 Å². The van der Waals surface area contributed by atoms with Crippen LogP contribution in [-0.2, 0) is 0 Å². The normalized spacial score (nSPS) is 12.5. The predicted octanol–water partition coefficient (Wildman–Crippen LogP) is 6.17. The highest BCUT2D eigenvalue weighted by Gasteiger charge is 2.18. The van der Waals surface area contributed by atoms with Crippen LogP contribution in [0.25, 0.3) is 0 Å². The molecule has 1 atom stereocenters. The molecule has 0 nitrogen and oxygen atoms in total. The average Bonchev–Trinajstić information content (AvgIpc) is 2.36. The Hall–Kier alpha value is -0.450. The molecule has 2 aromatic carbocycles. The summed E-state index contributed by atoms with van der Waals surface area (Å²) < 4.78 is 27.5. The molecule has 0 radical (unpaired) electrons. The first-order valence-electron chi connectivity index (χ1n) is 5.44. The quantitative estimate of drug-likeness (QED) is 0.410. The first-order chi connectivity index (χ1) is 8.90. The zero-order valence-electron chi connectivity index (χ0n) is 9.85. The molecule has 0 saturated heterocycles. The number of rotatable bonds is 2. The zero-order valence-corrected chi connectivity index (χ0v) is 13.8. The van der Waals surface area contributed by atoms with Crippen LogP contribution in [0.1, 0.15) is 21.5 Å². The summed E-state index contributed by atoms with van der Waals surface area (Å²) in [5.41, 5.74) is 1.95. The van der Waals surface area contributed by atoms with E-state index in [0.717, 1.165) is 17.2 Å². The minimum atomic E-state index is -0.501. The van der Waals surface area contributed by atoms with Crippen molar-refractivity contribution < 1.29 is 8.78 Å². The summed E-state index contributed by atoms with van der Waals surface area (Å²) in [5, 5.41) is 0.597. The first-order valence-corrected chi connectivity index (χ1v) is 7.53. The predicted molar refractivity (Wildman–Crippen MR) is 81.0 cm³/mol. The molecule has 1 unspecified atom stereocenters. The van der Waals surface area contributed by atoms with Gasteiger partial charge >= 0.3 is 0 Å². The second-order valence-corrected chi connectivity index (χ2v) is 6.34. The van der Waals surface area contributed by atoms with E-state index >= 15 is 0 Å². The molecule has 0 fully saturated rings. The molecular formula is C14H9Br2ClF2. The molecule has 2 rings (SSSR count). The Bertz CT molecular complexity index is 629. The van der Waals surface area contributed by atoms with Crippen LogP contribution in [0.4, 0.5) is 8.78 Å². The third kappa shape index (κ3) is 3.18. The summed E-state index contributed by atoms with van der Waals surface area (Å²) in [4.78, 5) is -0.451. The van der Waals surface area contributed by atoms with Gasteiger partial charge in [-0.2, -0.15) is 0 Å². The van der Waals surface area contributed by atoms with Crippen LogP contribution in [0.3, 0.4) is 0 Å². The maximum absolute atomic E-state index is 13.9. The van der Waals surface area contributed by atoms with E-state index < -0.39 is 16.5 Å². The van der Waals surface area contributed by atoms with E-state index in [9.17, 15) is 8.78 Å². The Balaban J connectivity index is 2.46. The van der Waals surface area contributed by atoms with Crippen molar-refractivity contribution in [3.05, 3.63) is 68.2 Å². The molecule has 5 heteroatoms. The van der Waals surface area contributed by atoms with Gasteiger partial charge in [-0.25, -0.2) is 8.78 Å². The molecule has 19 heavy (non-hydrogen) atoms. The van der Waals surface area contributed by atoms with Crippen LogP contribution < -0.4 is 0 Å². The van der Waals surface area contributed by atoms with Gasteiger partial charge in [0.1, 0.15) is 11.6 Å². The Morgan fingerprint density at radius 1 is 1.11 bits per heavy atom. The van der Waals surface area contributed by atoms with Crippen molar-refractivity contribution in [3.8, 4) is 0 Å². The smallest absolute Gasteiger partial charge is 0.137 e. The Kier molecular flexibility index (Phi) is 4.64. The molecule has 0 heterocycles. The van der Waals surface area contributed by atoms with Gasteiger partial charge < -0.3 is 0 Å². The second-order valence-electron chi connectivity index (χ2n) is 4.16. The standard InChI is InChI=1S/C14H9Br2ClF2/c1-7-2-3-8(4-11(7)17)14(16)9-5-13(19)10(15)6-12(9)18/h2-6,14H,1H3. The van der Waals surface area contributed by atoms with Crippen molar-refractivity contribution in [2.75, 3.05) is 0 Å². The van der Waals surface area contributed by atoms with Crippen LogP contribution in [-0.4, -0.2) is 0 Å². The van der Waals surface area contributed by atoms with Crippen LogP contribution in [0, 0.1) is 18.6 Å². The molecule has 0 aromatic heterocycles. The van der Waals surface area contributed by atoms with Crippen LogP contribution in [0.15, 0.2) is 34.8 Å². The minimum absolute atomic E-state index is 0.107. The summed E-state index contributed by atoms with van der Waals surface area (Å²) in [6.07, 6.45) is 0. The van der Waals surface area contributed by atoms with Crippen molar-refractivity contribution in [3.63, 3.8) is 0 Å². The molecular weight excluding hydrogens is 401 g/mol. The summed E-state index contributed by atoms with van der Waals surface area (Å²) >= 11 is 12.4. The molecule has 0 aliphatic rings. The second kappa shape index (κ2) is 5.90. The van der Waals surface area contributed by atoms with Gasteiger partial charge in [0, 0.05) is 10.6 Å². The molecule has 2 aromatic rings.